The first-order chi connectivity index (χ1) is 14.5. The van der Waals surface area contributed by atoms with Crippen LogP contribution < -0.4 is 0 Å². The van der Waals surface area contributed by atoms with Crippen LogP contribution in [-0.4, -0.2) is 19.5 Å². The van der Waals surface area contributed by atoms with Crippen LogP contribution in [0.4, 0.5) is 4.39 Å². The quantitative estimate of drug-likeness (QED) is 0.306. The second-order valence-electron chi connectivity index (χ2n) is 6.98. The van der Waals surface area contributed by atoms with E-state index in [1.807, 2.05) is 25.4 Å². The summed E-state index contributed by atoms with van der Waals surface area (Å²) in [5.74, 6) is -0.0707. The molecular formula is C23H15BrClFN4. The topological polar surface area (TPSA) is 46.5 Å². The van der Waals surface area contributed by atoms with Crippen molar-refractivity contribution in [2.24, 2.45) is 7.05 Å². The number of fused-ring (bicyclic) bond motifs is 1. The Morgan fingerprint density at radius 2 is 1.90 bits per heavy atom. The Kier molecular flexibility index (Phi) is 4.68. The summed E-state index contributed by atoms with van der Waals surface area (Å²) in [5, 5.41) is 1.47. The number of imidazole rings is 1. The molecule has 0 bridgehead atoms. The SMILES string of the molecule is Cn1ccc2cc(-c3ccc(-c4nc(-c5c(F)cccc5Cl)[nH]c4Br)cn3)ccc21. The third kappa shape index (κ3) is 3.22. The number of pyridine rings is 1. The van der Waals surface area contributed by atoms with E-state index in [1.54, 1.807) is 18.3 Å². The number of aryl methyl sites for hydroxylation is 1. The normalized spacial score (nSPS) is 11.3. The third-order valence-electron chi connectivity index (χ3n) is 5.08. The Bertz CT molecular complexity index is 1370. The molecule has 0 saturated carbocycles. The molecule has 3 aromatic heterocycles. The van der Waals surface area contributed by atoms with E-state index >= 15 is 0 Å². The highest BCUT2D eigenvalue weighted by Crippen LogP contribution is 2.34. The van der Waals surface area contributed by atoms with Crippen molar-refractivity contribution < 1.29 is 4.39 Å². The molecule has 30 heavy (non-hydrogen) atoms. The Labute approximate surface area is 185 Å². The first kappa shape index (κ1) is 19.0. The number of aromatic amines is 1. The molecule has 0 unspecified atom stereocenters. The first-order valence-electron chi connectivity index (χ1n) is 9.23. The average molecular weight is 482 g/mol. The van der Waals surface area contributed by atoms with E-state index in [-0.39, 0.29) is 5.56 Å². The van der Waals surface area contributed by atoms with Gasteiger partial charge in [-0.1, -0.05) is 23.7 Å². The molecule has 5 aromatic rings. The van der Waals surface area contributed by atoms with Gasteiger partial charge < -0.3 is 9.55 Å². The Morgan fingerprint density at radius 3 is 2.67 bits per heavy atom. The van der Waals surface area contributed by atoms with Crippen LogP contribution in [0.2, 0.25) is 5.02 Å². The number of H-pyrrole nitrogens is 1. The highest BCUT2D eigenvalue weighted by atomic mass is 79.9. The van der Waals surface area contributed by atoms with Gasteiger partial charge in [-0.25, -0.2) is 9.37 Å². The van der Waals surface area contributed by atoms with Crippen molar-refractivity contribution in [3.05, 3.63) is 82.4 Å². The molecule has 0 spiro atoms. The molecule has 0 fully saturated rings. The maximum atomic E-state index is 14.3. The fourth-order valence-corrected chi connectivity index (χ4v) is 4.29. The van der Waals surface area contributed by atoms with Gasteiger partial charge in [-0.3, -0.25) is 4.98 Å². The molecule has 0 aliphatic carbocycles. The van der Waals surface area contributed by atoms with Gasteiger partial charge in [0.05, 0.1) is 16.3 Å². The molecule has 0 radical (unpaired) electrons. The van der Waals surface area contributed by atoms with E-state index in [1.165, 1.54) is 17.0 Å². The molecular weight excluding hydrogens is 467 g/mol. The molecule has 2 aromatic carbocycles. The minimum absolute atomic E-state index is 0.242. The van der Waals surface area contributed by atoms with Crippen molar-refractivity contribution in [1.82, 2.24) is 19.5 Å². The van der Waals surface area contributed by atoms with Gasteiger partial charge in [0.2, 0.25) is 0 Å². The number of halogens is 3. The molecule has 1 N–H and O–H groups in total. The highest BCUT2D eigenvalue weighted by molar-refractivity contribution is 9.10. The second kappa shape index (κ2) is 7.38. The van der Waals surface area contributed by atoms with Crippen LogP contribution >= 0.6 is 27.5 Å². The van der Waals surface area contributed by atoms with Crippen LogP contribution in [0.15, 0.2) is 71.6 Å². The molecule has 0 aliphatic heterocycles. The number of hydrogen-bond donors (Lipinski definition) is 1. The van der Waals surface area contributed by atoms with E-state index in [0.717, 1.165) is 16.8 Å². The lowest BCUT2D eigenvalue weighted by molar-refractivity contribution is 0.630. The van der Waals surface area contributed by atoms with Gasteiger partial charge in [0.25, 0.3) is 0 Å². The molecule has 0 amide bonds. The largest absolute Gasteiger partial charge is 0.351 e. The maximum Gasteiger partial charge on any atom is 0.143 e. The van der Waals surface area contributed by atoms with Crippen molar-refractivity contribution in [2.75, 3.05) is 0 Å². The summed E-state index contributed by atoms with van der Waals surface area (Å²) in [5.41, 5.74) is 4.78. The van der Waals surface area contributed by atoms with Crippen LogP contribution in [0, 0.1) is 5.82 Å². The van der Waals surface area contributed by atoms with Crippen LogP contribution in [0.3, 0.4) is 0 Å². The molecule has 0 aliphatic rings. The summed E-state index contributed by atoms with van der Waals surface area (Å²) in [6.45, 7) is 0. The first-order valence-corrected chi connectivity index (χ1v) is 10.4. The molecule has 148 valence electrons. The number of benzene rings is 2. The molecule has 3 heterocycles. The zero-order valence-electron chi connectivity index (χ0n) is 15.8. The predicted molar refractivity (Wildman–Crippen MR) is 122 cm³/mol. The number of rotatable bonds is 3. The summed E-state index contributed by atoms with van der Waals surface area (Å²) < 4.78 is 17.0. The molecule has 0 saturated heterocycles. The van der Waals surface area contributed by atoms with E-state index in [4.69, 9.17) is 11.6 Å². The van der Waals surface area contributed by atoms with Crippen LogP contribution in [0.1, 0.15) is 0 Å². The summed E-state index contributed by atoms with van der Waals surface area (Å²) in [6, 6.07) is 16.8. The van der Waals surface area contributed by atoms with Gasteiger partial charge in [-0.05, 0) is 58.4 Å². The summed E-state index contributed by atoms with van der Waals surface area (Å²) in [6.07, 6.45) is 3.80. The highest BCUT2D eigenvalue weighted by Gasteiger charge is 2.17. The van der Waals surface area contributed by atoms with Crippen molar-refractivity contribution in [2.45, 2.75) is 0 Å². The fraction of sp³-hybridized carbons (Fsp3) is 0.0435. The Balaban J connectivity index is 1.50. The summed E-state index contributed by atoms with van der Waals surface area (Å²) in [4.78, 5) is 12.2. The monoisotopic (exact) mass is 480 g/mol. The van der Waals surface area contributed by atoms with Gasteiger partial charge in [0.1, 0.15) is 21.9 Å². The number of nitrogens with zero attached hydrogens (tertiary/aromatic N) is 3. The van der Waals surface area contributed by atoms with E-state index in [9.17, 15) is 4.39 Å². The van der Waals surface area contributed by atoms with Crippen molar-refractivity contribution in [3.8, 4) is 33.9 Å². The van der Waals surface area contributed by atoms with Crippen LogP contribution in [-0.2, 0) is 7.05 Å². The van der Waals surface area contributed by atoms with E-state index in [2.05, 4.69) is 59.7 Å². The number of nitrogens with one attached hydrogen (secondary N) is 1. The predicted octanol–water partition coefficient (Wildman–Crippen LogP) is 6.85. The van der Waals surface area contributed by atoms with E-state index in [0.29, 0.717) is 21.1 Å². The van der Waals surface area contributed by atoms with Crippen LogP contribution in [0.25, 0.3) is 44.8 Å². The minimum Gasteiger partial charge on any atom is -0.351 e. The minimum atomic E-state index is -0.430. The molecule has 0 atom stereocenters. The molecule has 7 heteroatoms. The second-order valence-corrected chi connectivity index (χ2v) is 8.18. The van der Waals surface area contributed by atoms with Crippen molar-refractivity contribution >= 4 is 38.4 Å². The van der Waals surface area contributed by atoms with Gasteiger partial charge in [0.15, 0.2) is 0 Å². The standard InChI is InChI=1S/C23H15BrClFN4/c1-30-10-9-14-11-13(6-8-19(14)30)18-7-5-15(12-27-18)21-22(24)29-23(28-21)20-16(25)3-2-4-17(20)26/h2-12H,1H3,(H,28,29). The lowest BCUT2D eigenvalue weighted by Gasteiger charge is -2.04. The van der Waals surface area contributed by atoms with E-state index < -0.39 is 5.82 Å². The fourth-order valence-electron chi connectivity index (χ4n) is 3.53. The number of hydrogen-bond acceptors (Lipinski definition) is 2. The smallest absolute Gasteiger partial charge is 0.143 e. The Hall–Kier alpha value is -2.96. The third-order valence-corrected chi connectivity index (χ3v) is 5.97. The van der Waals surface area contributed by atoms with Gasteiger partial charge >= 0.3 is 0 Å². The van der Waals surface area contributed by atoms with Gasteiger partial charge in [0, 0.05) is 41.5 Å². The van der Waals surface area contributed by atoms with Crippen molar-refractivity contribution in [3.63, 3.8) is 0 Å². The number of aromatic nitrogens is 4. The van der Waals surface area contributed by atoms with Gasteiger partial charge in [-0.2, -0.15) is 0 Å². The molecule has 5 rings (SSSR count). The zero-order valence-corrected chi connectivity index (χ0v) is 18.2. The lowest BCUT2D eigenvalue weighted by Crippen LogP contribution is -1.89. The lowest BCUT2D eigenvalue weighted by atomic mass is 10.1. The van der Waals surface area contributed by atoms with Crippen LogP contribution in [0.5, 0.6) is 0 Å². The maximum absolute atomic E-state index is 14.3. The Morgan fingerprint density at radius 1 is 1.07 bits per heavy atom. The van der Waals surface area contributed by atoms with Gasteiger partial charge in [-0.15, -0.1) is 0 Å². The average Bonchev–Trinajstić information content (AvgIpc) is 3.30. The summed E-state index contributed by atoms with van der Waals surface area (Å²) in [7, 11) is 2.03. The van der Waals surface area contributed by atoms with Crippen molar-refractivity contribution in [1.29, 1.82) is 0 Å². The summed E-state index contributed by atoms with van der Waals surface area (Å²) >= 11 is 9.65. The zero-order chi connectivity index (χ0) is 20.8. The molecule has 4 nitrogen and oxygen atoms in total.